The Morgan fingerprint density at radius 1 is 1.33 bits per heavy atom. The van der Waals surface area contributed by atoms with Crippen molar-refractivity contribution in [1.29, 1.82) is 0 Å². The minimum absolute atomic E-state index is 0.0955. The third-order valence-corrected chi connectivity index (χ3v) is 6.19. The second-order valence-corrected chi connectivity index (χ2v) is 8.39. The first kappa shape index (κ1) is 24.1. The Morgan fingerprint density at radius 2 is 2.13 bits per heavy atom. The van der Waals surface area contributed by atoms with E-state index >= 15 is 0 Å². The first-order chi connectivity index (χ1) is 14.5. The van der Waals surface area contributed by atoms with Gasteiger partial charge in [0.2, 0.25) is 5.91 Å². The number of hydrogen-bond acceptors (Lipinski definition) is 6. The Hall–Kier alpha value is -2.16. The van der Waals surface area contributed by atoms with Crippen LogP contribution in [0, 0.1) is 6.92 Å². The van der Waals surface area contributed by atoms with Gasteiger partial charge in [0.15, 0.2) is 5.96 Å². The molecule has 1 amide bonds. The van der Waals surface area contributed by atoms with E-state index in [4.69, 9.17) is 4.74 Å². The molecule has 9 heteroatoms. The molecule has 1 aromatic rings. The van der Waals surface area contributed by atoms with Crippen LogP contribution in [-0.2, 0) is 9.53 Å². The van der Waals surface area contributed by atoms with Crippen molar-refractivity contribution in [2.45, 2.75) is 65.8 Å². The number of nitrogens with zero attached hydrogens (tertiary/aromatic N) is 3. The van der Waals surface area contributed by atoms with Gasteiger partial charge in [0.1, 0.15) is 9.88 Å². The molecule has 1 saturated heterocycles. The molecule has 8 nitrogen and oxygen atoms in total. The van der Waals surface area contributed by atoms with Crippen LogP contribution in [0.1, 0.15) is 79.3 Å². The van der Waals surface area contributed by atoms with Crippen molar-refractivity contribution >= 4 is 29.2 Å². The van der Waals surface area contributed by atoms with Crippen LogP contribution in [0.5, 0.6) is 0 Å². The average molecular weight is 438 g/mol. The lowest BCUT2D eigenvalue weighted by Crippen LogP contribution is -2.39. The summed E-state index contributed by atoms with van der Waals surface area (Å²) in [5.41, 5.74) is 0.686. The van der Waals surface area contributed by atoms with Gasteiger partial charge in [-0.1, -0.05) is 6.42 Å². The monoisotopic (exact) mass is 437 g/mol. The number of thiazole rings is 1. The number of guanidine groups is 1. The summed E-state index contributed by atoms with van der Waals surface area (Å²) < 4.78 is 5.10. The molecule has 0 saturated carbocycles. The van der Waals surface area contributed by atoms with Gasteiger partial charge in [-0.25, -0.2) is 9.78 Å². The minimum Gasteiger partial charge on any atom is -0.462 e. The maximum absolute atomic E-state index is 12.1. The molecule has 1 unspecified atom stereocenters. The van der Waals surface area contributed by atoms with Crippen molar-refractivity contribution in [3.63, 3.8) is 0 Å². The van der Waals surface area contributed by atoms with Gasteiger partial charge in [0.05, 0.1) is 18.3 Å². The van der Waals surface area contributed by atoms with Crippen LogP contribution >= 0.6 is 11.3 Å². The van der Waals surface area contributed by atoms with Gasteiger partial charge in [0.25, 0.3) is 0 Å². The highest BCUT2D eigenvalue weighted by Gasteiger charge is 2.20. The zero-order valence-electron chi connectivity index (χ0n) is 18.6. The van der Waals surface area contributed by atoms with E-state index in [1.165, 1.54) is 11.3 Å². The Balaban J connectivity index is 1.91. The molecule has 0 aromatic carbocycles. The summed E-state index contributed by atoms with van der Waals surface area (Å²) in [7, 11) is 0. The number of esters is 1. The summed E-state index contributed by atoms with van der Waals surface area (Å²) in [5.74, 6) is 0.652. The molecular formula is C21H35N5O3S. The van der Waals surface area contributed by atoms with Crippen molar-refractivity contribution in [3.8, 4) is 0 Å². The number of aliphatic imine (C=N–C) groups is 1. The number of hydrogen-bond donors (Lipinski definition) is 2. The highest BCUT2D eigenvalue weighted by molar-refractivity contribution is 7.13. The highest BCUT2D eigenvalue weighted by Crippen LogP contribution is 2.24. The topological polar surface area (TPSA) is 95.9 Å². The summed E-state index contributed by atoms with van der Waals surface area (Å²) >= 11 is 1.35. The summed E-state index contributed by atoms with van der Waals surface area (Å²) in [6.07, 6.45) is 4.75. The van der Waals surface area contributed by atoms with E-state index in [0.717, 1.165) is 50.3 Å². The average Bonchev–Trinajstić information content (AvgIpc) is 2.99. The zero-order valence-corrected chi connectivity index (χ0v) is 19.4. The van der Waals surface area contributed by atoms with Crippen molar-refractivity contribution in [1.82, 2.24) is 20.5 Å². The number of carbonyl (C=O) groups is 2. The predicted octanol–water partition coefficient (Wildman–Crippen LogP) is 3.04. The number of aromatic nitrogens is 1. The molecule has 0 aliphatic carbocycles. The molecule has 168 valence electrons. The zero-order chi connectivity index (χ0) is 21.9. The van der Waals surface area contributed by atoms with Gasteiger partial charge < -0.3 is 20.3 Å². The lowest BCUT2D eigenvalue weighted by molar-refractivity contribution is -0.130. The molecule has 0 bridgehead atoms. The molecular weight excluding hydrogens is 402 g/mol. The quantitative estimate of drug-likeness (QED) is 0.267. The molecule has 1 aliphatic rings. The Kier molecular flexibility index (Phi) is 10.1. The number of nitrogens with one attached hydrogen (secondary N) is 2. The largest absolute Gasteiger partial charge is 0.462 e. The first-order valence-corrected chi connectivity index (χ1v) is 11.7. The van der Waals surface area contributed by atoms with Crippen LogP contribution in [0.2, 0.25) is 0 Å². The highest BCUT2D eigenvalue weighted by atomic mass is 32.1. The van der Waals surface area contributed by atoms with Gasteiger partial charge in [0, 0.05) is 32.6 Å². The minimum atomic E-state index is -0.324. The third kappa shape index (κ3) is 7.27. The SMILES string of the molecule is CCNC(=NCCCN1CCCCCC1=O)NC(C)c1nc(C)c(C(=O)OCC)s1. The van der Waals surface area contributed by atoms with Crippen LogP contribution in [0.25, 0.3) is 0 Å². The van der Waals surface area contributed by atoms with E-state index in [-0.39, 0.29) is 17.9 Å². The number of aryl methyl sites for hydroxylation is 1. The first-order valence-electron chi connectivity index (χ1n) is 10.9. The number of amides is 1. The second kappa shape index (κ2) is 12.5. The fraction of sp³-hybridized carbons (Fsp3) is 0.714. The van der Waals surface area contributed by atoms with E-state index in [1.54, 1.807) is 6.92 Å². The van der Waals surface area contributed by atoms with Crippen LogP contribution < -0.4 is 10.6 Å². The molecule has 1 atom stereocenters. The van der Waals surface area contributed by atoms with E-state index < -0.39 is 0 Å². The van der Waals surface area contributed by atoms with E-state index in [9.17, 15) is 9.59 Å². The van der Waals surface area contributed by atoms with E-state index in [1.807, 2.05) is 25.7 Å². The van der Waals surface area contributed by atoms with Gasteiger partial charge in [-0.15, -0.1) is 11.3 Å². The molecule has 2 rings (SSSR count). The predicted molar refractivity (Wildman–Crippen MR) is 120 cm³/mol. The fourth-order valence-electron chi connectivity index (χ4n) is 3.30. The molecule has 2 N–H and O–H groups in total. The maximum atomic E-state index is 12.1. The normalized spacial score (nSPS) is 16.2. The number of likely N-dealkylation sites (tertiary alicyclic amines) is 1. The van der Waals surface area contributed by atoms with Crippen molar-refractivity contribution in [2.24, 2.45) is 4.99 Å². The molecule has 2 heterocycles. The lowest BCUT2D eigenvalue weighted by atomic mass is 10.2. The van der Waals surface area contributed by atoms with Gasteiger partial charge in [-0.3, -0.25) is 9.79 Å². The molecule has 0 spiro atoms. The molecule has 0 radical (unpaired) electrons. The van der Waals surface area contributed by atoms with E-state index in [2.05, 4.69) is 20.6 Å². The number of ether oxygens (including phenoxy) is 1. The Bertz CT molecular complexity index is 734. The van der Waals surface area contributed by atoms with Gasteiger partial charge in [-0.2, -0.15) is 0 Å². The standard InChI is InChI=1S/C21H35N5O3S/c1-5-22-21(23-12-10-14-26-13-9-7-8-11-17(26)27)25-16(4)19-24-15(3)18(30-19)20(28)29-6-2/h16H,5-14H2,1-4H3,(H2,22,23,25). The fourth-order valence-corrected chi connectivity index (χ4v) is 4.27. The van der Waals surface area contributed by atoms with Crippen molar-refractivity contribution in [3.05, 3.63) is 15.6 Å². The summed E-state index contributed by atoms with van der Waals surface area (Å²) in [4.78, 5) is 35.8. The Labute approximate surface area is 183 Å². The van der Waals surface area contributed by atoms with Crippen LogP contribution in [0.4, 0.5) is 0 Å². The smallest absolute Gasteiger partial charge is 0.350 e. The van der Waals surface area contributed by atoms with Gasteiger partial charge in [-0.05, 0) is 47.0 Å². The van der Waals surface area contributed by atoms with Gasteiger partial charge >= 0.3 is 5.97 Å². The van der Waals surface area contributed by atoms with Crippen molar-refractivity contribution < 1.29 is 14.3 Å². The second-order valence-electron chi connectivity index (χ2n) is 7.36. The van der Waals surface area contributed by atoms with Crippen LogP contribution in [0.3, 0.4) is 0 Å². The molecule has 1 fully saturated rings. The van der Waals surface area contributed by atoms with Crippen molar-refractivity contribution in [2.75, 3.05) is 32.8 Å². The lowest BCUT2D eigenvalue weighted by Gasteiger charge is -2.20. The molecule has 1 aliphatic heterocycles. The summed E-state index contributed by atoms with van der Waals surface area (Å²) in [5, 5.41) is 7.42. The number of carbonyl (C=O) groups excluding carboxylic acids is 2. The molecule has 1 aromatic heterocycles. The third-order valence-electron chi connectivity index (χ3n) is 4.87. The van der Waals surface area contributed by atoms with Crippen LogP contribution in [0.15, 0.2) is 4.99 Å². The molecule has 30 heavy (non-hydrogen) atoms. The van der Waals surface area contributed by atoms with Crippen LogP contribution in [-0.4, -0.2) is 60.5 Å². The maximum Gasteiger partial charge on any atom is 0.350 e. The van der Waals surface area contributed by atoms with E-state index in [0.29, 0.717) is 36.1 Å². The number of rotatable bonds is 9. The Morgan fingerprint density at radius 3 is 2.87 bits per heavy atom. The summed E-state index contributed by atoms with van der Waals surface area (Å²) in [6, 6.07) is -0.0955. The summed E-state index contributed by atoms with van der Waals surface area (Å²) in [6.45, 7) is 11.0.